The number of thioether (sulfide) groups is 1. The zero-order chi connectivity index (χ0) is 22.1. The van der Waals surface area contributed by atoms with Gasteiger partial charge < -0.3 is 9.88 Å². The molecular weight excluding hydrogens is 500 g/mol. The van der Waals surface area contributed by atoms with Gasteiger partial charge in [0.15, 0.2) is 0 Å². The number of hydrogen-bond donors (Lipinski definition) is 1. The van der Waals surface area contributed by atoms with Gasteiger partial charge in [0.2, 0.25) is 0 Å². The number of nitrogens with zero attached hydrogens (tertiary/aromatic N) is 1. The van der Waals surface area contributed by atoms with Crippen LogP contribution in [0.2, 0.25) is 0 Å². The minimum Gasteiger partial charge on any atom is -0.309 e. The van der Waals surface area contributed by atoms with E-state index in [1.165, 1.54) is 11.8 Å². The Bertz CT molecular complexity index is 1340. The van der Waals surface area contributed by atoms with Crippen LogP contribution in [0.1, 0.15) is 5.56 Å². The van der Waals surface area contributed by atoms with E-state index in [2.05, 4.69) is 68.3 Å². The predicted molar refractivity (Wildman–Crippen MR) is 141 cm³/mol. The summed E-state index contributed by atoms with van der Waals surface area (Å²) in [6.45, 7) is 0. The van der Waals surface area contributed by atoms with Gasteiger partial charge in [0.1, 0.15) is 4.32 Å². The third-order valence-electron chi connectivity index (χ3n) is 5.16. The van der Waals surface area contributed by atoms with E-state index >= 15 is 0 Å². The van der Waals surface area contributed by atoms with Crippen molar-refractivity contribution in [1.29, 1.82) is 0 Å². The smallest absolute Gasteiger partial charge is 0.263 e. The van der Waals surface area contributed by atoms with Crippen LogP contribution in [0.4, 0.5) is 0 Å². The molecule has 5 rings (SSSR count). The van der Waals surface area contributed by atoms with Gasteiger partial charge in [0.05, 0.1) is 16.3 Å². The predicted octanol–water partition coefficient (Wildman–Crippen LogP) is 7.06. The molecule has 0 radical (unpaired) electrons. The summed E-state index contributed by atoms with van der Waals surface area (Å²) in [5.41, 5.74) is 6.22. The Morgan fingerprint density at radius 3 is 2.09 bits per heavy atom. The van der Waals surface area contributed by atoms with Crippen LogP contribution in [0.5, 0.6) is 0 Å². The van der Waals surface area contributed by atoms with Gasteiger partial charge in [-0.3, -0.25) is 4.79 Å². The van der Waals surface area contributed by atoms with E-state index < -0.39 is 0 Å². The molecule has 156 valence electrons. The Labute approximate surface area is 204 Å². The number of halogens is 1. The summed E-state index contributed by atoms with van der Waals surface area (Å²) >= 11 is 10.0. The van der Waals surface area contributed by atoms with Gasteiger partial charge in [0, 0.05) is 15.7 Å². The van der Waals surface area contributed by atoms with Crippen molar-refractivity contribution in [3.63, 3.8) is 0 Å². The number of benzene rings is 3. The highest BCUT2D eigenvalue weighted by atomic mass is 79.9. The topological polar surface area (TPSA) is 34.0 Å². The van der Waals surface area contributed by atoms with E-state index in [1.807, 2.05) is 54.6 Å². The average Bonchev–Trinajstić information content (AvgIpc) is 3.34. The van der Waals surface area contributed by atoms with Crippen LogP contribution in [0.15, 0.2) is 100 Å². The molecule has 1 fully saturated rings. The minimum absolute atomic E-state index is 0.156. The summed E-state index contributed by atoms with van der Waals surface area (Å²) in [6, 6.07) is 30.9. The van der Waals surface area contributed by atoms with Gasteiger partial charge in [-0.25, -0.2) is 0 Å². The van der Waals surface area contributed by atoms with Crippen molar-refractivity contribution in [3.05, 3.63) is 106 Å². The molecule has 0 spiro atoms. The van der Waals surface area contributed by atoms with Gasteiger partial charge in [-0.1, -0.05) is 101 Å². The number of aromatic nitrogens is 1. The van der Waals surface area contributed by atoms with E-state index in [4.69, 9.17) is 12.2 Å². The second kappa shape index (κ2) is 8.90. The Morgan fingerprint density at radius 1 is 0.875 bits per heavy atom. The van der Waals surface area contributed by atoms with Crippen LogP contribution >= 0.6 is 39.9 Å². The first-order valence-corrected chi connectivity index (χ1v) is 12.0. The number of carbonyl (C=O) groups is 1. The summed E-state index contributed by atoms with van der Waals surface area (Å²) in [7, 11) is 0. The number of hydrogen-bond acceptors (Lipinski definition) is 3. The number of amides is 1. The quantitative estimate of drug-likeness (QED) is 0.232. The number of rotatable bonds is 4. The molecule has 2 heterocycles. The molecule has 3 aromatic carbocycles. The molecular formula is C26H17BrN2OS2. The molecule has 3 nitrogen and oxygen atoms in total. The molecule has 1 amide bonds. The summed E-state index contributed by atoms with van der Waals surface area (Å²) in [6.07, 6.45) is 1.93. The van der Waals surface area contributed by atoms with Gasteiger partial charge >= 0.3 is 0 Å². The molecule has 1 aromatic heterocycles. The third kappa shape index (κ3) is 4.09. The summed E-state index contributed by atoms with van der Waals surface area (Å²) in [5, 5.41) is 2.71. The van der Waals surface area contributed by atoms with Gasteiger partial charge in [-0.15, -0.1) is 0 Å². The highest BCUT2D eigenvalue weighted by molar-refractivity contribution is 9.10. The van der Waals surface area contributed by atoms with E-state index in [9.17, 15) is 4.79 Å². The van der Waals surface area contributed by atoms with Crippen LogP contribution in [-0.4, -0.2) is 14.8 Å². The average molecular weight is 517 g/mol. The third-order valence-corrected chi connectivity index (χ3v) is 6.85. The fourth-order valence-corrected chi connectivity index (χ4v) is 5.07. The first kappa shape index (κ1) is 20.9. The lowest BCUT2D eigenvalue weighted by molar-refractivity contribution is -0.115. The largest absolute Gasteiger partial charge is 0.309 e. The maximum absolute atomic E-state index is 12.4. The molecule has 1 saturated heterocycles. The first-order valence-electron chi connectivity index (χ1n) is 9.97. The Morgan fingerprint density at radius 2 is 1.50 bits per heavy atom. The van der Waals surface area contributed by atoms with Crippen LogP contribution in [0.3, 0.4) is 0 Å². The Kier molecular flexibility index (Phi) is 5.83. The summed E-state index contributed by atoms with van der Waals surface area (Å²) in [4.78, 5) is 13.0. The summed E-state index contributed by atoms with van der Waals surface area (Å²) in [5.74, 6) is -0.156. The second-order valence-corrected chi connectivity index (χ2v) is 9.86. The molecule has 0 unspecified atom stereocenters. The van der Waals surface area contributed by atoms with Crippen LogP contribution < -0.4 is 5.32 Å². The van der Waals surface area contributed by atoms with E-state index in [0.29, 0.717) is 9.23 Å². The monoisotopic (exact) mass is 516 g/mol. The van der Waals surface area contributed by atoms with Crippen molar-refractivity contribution in [2.75, 3.05) is 0 Å². The fraction of sp³-hybridized carbons (Fsp3) is 0. The lowest BCUT2D eigenvalue weighted by Gasteiger charge is -2.15. The first-order chi connectivity index (χ1) is 15.6. The van der Waals surface area contributed by atoms with Crippen LogP contribution in [-0.2, 0) is 4.79 Å². The van der Waals surface area contributed by atoms with Crippen molar-refractivity contribution in [3.8, 4) is 28.2 Å². The van der Waals surface area contributed by atoms with Gasteiger partial charge in [-0.05, 0) is 47.5 Å². The van der Waals surface area contributed by atoms with Crippen LogP contribution in [0, 0.1) is 0 Å². The van der Waals surface area contributed by atoms with Crippen molar-refractivity contribution in [2.45, 2.75) is 0 Å². The highest BCUT2D eigenvalue weighted by Gasteiger charge is 2.25. The van der Waals surface area contributed by atoms with Gasteiger partial charge in [0.25, 0.3) is 5.91 Å². The number of nitrogens with one attached hydrogen (secondary N) is 1. The Balaban J connectivity index is 1.83. The maximum Gasteiger partial charge on any atom is 0.263 e. The van der Waals surface area contributed by atoms with Crippen molar-refractivity contribution in [2.24, 2.45) is 0 Å². The van der Waals surface area contributed by atoms with E-state index in [0.717, 1.165) is 38.2 Å². The van der Waals surface area contributed by atoms with Gasteiger partial charge in [-0.2, -0.15) is 0 Å². The van der Waals surface area contributed by atoms with Crippen molar-refractivity contribution < 1.29 is 4.79 Å². The SMILES string of the molecule is O=C1NC(=S)S/C1=C\c1cc(-c2ccccc2)n(-c2ccc(Br)cc2)c1-c1ccccc1. The zero-order valence-corrected chi connectivity index (χ0v) is 20.0. The maximum atomic E-state index is 12.4. The molecule has 0 aliphatic carbocycles. The molecule has 0 bridgehead atoms. The fourth-order valence-electron chi connectivity index (χ4n) is 3.77. The number of carbonyl (C=O) groups excluding carboxylic acids is 1. The molecule has 0 atom stereocenters. The lowest BCUT2D eigenvalue weighted by atomic mass is 10.1. The standard InChI is InChI=1S/C26H17BrN2OS2/c27-20-11-13-21(14-12-20)29-22(17-7-3-1-4-8-17)15-19(16-23-25(30)28-26(31)32-23)24(29)18-9-5-2-6-10-18/h1-16H,(H,28,30,31)/b23-16-. The zero-order valence-electron chi connectivity index (χ0n) is 16.8. The van der Waals surface area contributed by atoms with Crippen molar-refractivity contribution in [1.82, 2.24) is 9.88 Å². The summed E-state index contributed by atoms with van der Waals surface area (Å²) < 4.78 is 3.75. The molecule has 6 heteroatoms. The lowest BCUT2D eigenvalue weighted by Crippen LogP contribution is -2.17. The molecule has 32 heavy (non-hydrogen) atoms. The van der Waals surface area contributed by atoms with E-state index in [1.54, 1.807) is 0 Å². The molecule has 1 N–H and O–H groups in total. The molecule has 4 aromatic rings. The molecule has 1 aliphatic heterocycles. The van der Waals surface area contributed by atoms with E-state index in [-0.39, 0.29) is 5.91 Å². The normalized spacial score (nSPS) is 14.7. The highest BCUT2D eigenvalue weighted by Crippen LogP contribution is 2.38. The molecule has 1 aliphatic rings. The van der Waals surface area contributed by atoms with Crippen molar-refractivity contribution >= 4 is 56.2 Å². The van der Waals surface area contributed by atoms with Crippen LogP contribution in [0.25, 0.3) is 34.3 Å². The second-order valence-electron chi connectivity index (χ2n) is 7.23. The minimum atomic E-state index is -0.156. The molecule has 0 saturated carbocycles. The number of thiocarbonyl (C=S) groups is 1. The Hall–Kier alpha value is -2.93.